The number of nitrogens with zero attached hydrogens (tertiary/aromatic N) is 1. The van der Waals surface area contributed by atoms with Gasteiger partial charge in [-0.3, -0.25) is 14.9 Å². The highest BCUT2D eigenvalue weighted by atomic mass is 32.2. The lowest BCUT2D eigenvalue weighted by atomic mass is 10.1. The van der Waals surface area contributed by atoms with Crippen LogP contribution in [0.1, 0.15) is 26.2 Å². The monoisotopic (exact) mass is 271 g/mol. The predicted molar refractivity (Wildman–Crippen MR) is 72.3 cm³/mol. The maximum atomic E-state index is 12.1. The Morgan fingerprint density at radius 1 is 1.33 bits per heavy atom. The van der Waals surface area contributed by atoms with Crippen molar-refractivity contribution >= 4 is 23.6 Å². The minimum Gasteiger partial charge on any atom is -0.343 e. The van der Waals surface area contributed by atoms with E-state index < -0.39 is 6.04 Å². The number of hydrogen-bond acceptors (Lipinski definition) is 4. The fourth-order valence-electron chi connectivity index (χ4n) is 2.33. The molecule has 0 bridgehead atoms. The van der Waals surface area contributed by atoms with Crippen molar-refractivity contribution in [1.29, 1.82) is 0 Å². The molecule has 102 valence electrons. The molecule has 5 nitrogen and oxygen atoms in total. The van der Waals surface area contributed by atoms with Crippen molar-refractivity contribution in [2.75, 3.05) is 24.7 Å². The second-order valence-corrected chi connectivity index (χ2v) is 5.92. The summed E-state index contributed by atoms with van der Waals surface area (Å²) < 4.78 is 0. The van der Waals surface area contributed by atoms with Gasteiger partial charge in [0.25, 0.3) is 0 Å². The van der Waals surface area contributed by atoms with Crippen LogP contribution in [0.15, 0.2) is 0 Å². The second kappa shape index (κ2) is 6.43. The Balaban J connectivity index is 1.80. The first kappa shape index (κ1) is 13.7. The molecule has 0 spiro atoms. The summed E-state index contributed by atoms with van der Waals surface area (Å²) in [6.07, 6.45) is 3.36. The maximum absolute atomic E-state index is 12.1. The molecule has 2 aliphatic heterocycles. The zero-order valence-electron chi connectivity index (χ0n) is 10.8. The third-order valence-corrected chi connectivity index (χ3v) is 4.37. The highest BCUT2D eigenvalue weighted by Crippen LogP contribution is 2.11. The van der Waals surface area contributed by atoms with Gasteiger partial charge in [-0.1, -0.05) is 0 Å². The molecule has 0 radical (unpaired) electrons. The molecule has 2 saturated heterocycles. The highest BCUT2D eigenvalue weighted by Gasteiger charge is 2.27. The lowest BCUT2D eigenvalue weighted by molar-refractivity contribution is -0.137. The van der Waals surface area contributed by atoms with Crippen LogP contribution in [0.3, 0.4) is 0 Å². The van der Waals surface area contributed by atoms with Gasteiger partial charge in [0, 0.05) is 24.7 Å². The Bertz CT molecular complexity index is 312. The molecule has 2 amide bonds. The molecule has 0 aromatic heterocycles. The van der Waals surface area contributed by atoms with Crippen molar-refractivity contribution in [3.63, 3.8) is 0 Å². The molecular weight excluding hydrogens is 250 g/mol. The van der Waals surface area contributed by atoms with Crippen LogP contribution in [0.2, 0.25) is 0 Å². The van der Waals surface area contributed by atoms with Crippen LogP contribution in [0, 0.1) is 0 Å². The number of rotatable bonds is 3. The summed E-state index contributed by atoms with van der Waals surface area (Å²) in [5.41, 5.74) is 0. The first-order chi connectivity index (χ1) is 8.68. The number of nitrogens with one attached hydrogen (secondary N) is 2. The minimum atomic E-state index is -0.414. The average Bonchev–Trinajstić information content (AvgIpc) is 2.92. The summed E-state index contributed by atoms with van der Waals surface area (Å²) in [5, 5.41) is 5.92. The Kier molecular flexibility index (Phi) is 4.88. The van der Waals surface area contributed by atoms with Crippen LogP contribution < -0.4 is 10.6 Å². The Hall–Kier alpha value is -0.750. The summed E-state index contributed by atoms with van der Waals surface area (Å²) in [7, 11) is 0. The van der Waals surface area contributed by atoms with Gasteiger partial charge in [0.15, 0.2) is 0 Å². The summed E-state index contributed by atoms with van der Waals surface area (Å²) >= 11 is 1.71. The SMILES string of the molecule is CC(NC(=O)C1CSCN1)C(=O)N1CCCCC1. The first-order valence-electron chi connectivity index (χ1n) is 6.59. The Morgan fingerprint density at radius 3 is 2.67 bits per heavy atom. The molecule has 0 aliphatic carbocycles. The molecule has 18 heavy (non-hydrogen) atoms. The van der Waals surface area contributed by atoms with E-state index in [9.17, 15) is 9.59 Å². The number of likely N-dealkylation sites (tertiary alicyclic amines) is 1. The number of carbonyl (C=O) groups is 2. The van der Waals surface area contributed by atoms with E-state index in [1.165, 1.54) is 6.42 Å². The van der Waals surface area contributed by atoms with Crippen molar-refractivity contribution < 1.29 is 9.59 Å². The lowest BCUT2D eigenvalue weighted by Gasteiger charge is -2.29. The van der Waals surface area contributed by atoms with Crippen LogP contribution in [0.5, 0.6) is 0 Å². The molecule has 0 saturated carbocycles. The van der Waals surface area contributed by atoms with Crippen molar-refractivity contribution in [3.05, 3.63) is 0 Å². The fourth-order valence-corrected chi connectivity index (χ4v) is 3.27. The molecule has 2 N–H and O–H groups in total. The standard InChI is InChI=1S/C12H21N3O2S/c1-9(12(17)15-5-3-2-4-6-15)14-11(16)10-7-18-8-13-10/h9-10,13H,2-8H2,1H3,(H,14,16). The van der Waals surface area contributed by atoms with Crippen molar-refractivity contribution in [2.45, 2.75) is 38.3 Å². The lowest BCUT2D eigenvalue weighted by Crippen LogP contribution is -2.52. The Morgan fingerprint density at radius 2 is 2.06 bits per heavy atom. The van der Waals surface area contributed by atoms with Crippen LogP contribution in [0.4, 0.5) is 0 Å². The topological polar surface area (TPSA) is 61.4 Å². The van der Waals surface area contributed by atoms with E-state index in [4.69, 9.17) is 0 Å². The summed E-state index contributed by atoms with van der Waals surface area (Å²) in [6, 6.07) is -0.561. The maximum Gasteiger partial charge on any atom is 0.244 e. The molecule has 2 atom stereocenters. The molecular formula is C12H21N3O2S. The Labute approximate surface area is 112 Å². The van der Waals surface area contributed by atoms with Gasteiger partial charge in [-0.05, 0) is 26.2 Å². The molecule has 2 aliphatic rings. The largest absolute Gasteiger partial charge is 0.343 e. The predicted octanol–water partition coefficient (Wildman–Crippen LogP) is 0.166. The van der Waals surface area contributed by atoms with Crippen LogP contribution in [-0.4, -0.2) is 53.5 Å². The van der Waals surface area contributed by atoms with E-state index in [1.54, 1.807) is 18.7 Å². The van der Waals surface area contributed by atoms with E-state index in [1.807, 2.05) is 4.90 Å². The molecule has 2 heterocycles. The second-order valence-electron chi connectivity index (χ2n) is 4.89. The van der Waals surface area contributed by atoms with Gasteiger partial charge in [0.05, 0.1) is 6.04 Å². The number of piperidine rings is 1. The number of amides is 2. The highest BCUT2D eigenvalue weighted by molar-refractivity contribution is 7.99. The quantitative estimate of drug-likeness (QED) is 0.768. The molecule has 6 heteroatoms. The zero-order valence-corrected chi connectivity index (χ0v) is 11.6. The third kappa shape index (κ3) is 3.38. The van der Waals surface area contributed by atoms with Gasteiger partial charge in [0.1, 0.15) is 6.04 Å². The van der Waals surface area contributed by atoms with Crippen molar-refractivity contribution in [2.24, 2.45) is 0 Å². The molecule has 0 aromatic rings. The minimum absolute atomic E-state index is 0.0497. The average molecular weight is 271 g/mol. The summed E-state index contributed by atoms with van der Waals surface area (Å²) in [5.74, 6) is 1.59. The van der Waals surface area contributed by atoms with Gasteiger partial charge >= 0.3 is 0 Å². The van der Waals surface area contributed by atoms with E-state index in [-0.39, 0.29) is 17.9 Å². The van der Waals surface area contributed by atoms with E-state index in [2.05, 4.69) is 10.6 Å². The van der Waals surface area contributed by atoms with Gasteiger partial charge in [-0.25, -0.2) is 0 Å². The van der Waals surface area contributed by atoms with Gasteiger partial charge in [-0.15, -0.1) is 11.8 Å². The number of carbonyl (C=O) groups excluding carboxylic acids is 2. The van der Waals surface area contributed by atoms with Crippen LogP contribution in [0.25, 0.3) is 0 Å². The van der Waals surface area contributed by atoms with Gasteiger partial charge < -0.3 is 10.2 Å². The summed E-state index contributed by atoms with van der Waals surface area (Å²) in [4.78, 5) is 25.9. The van der Waals surface area contributed by atoms with Crippen LogP contribution in [-0.2, 0) is 9.59 Å². The van der Waals surface area contributed by atoms with E-state index in [0.717, 1.165) is 37.6 Å². The van der Waals surface area contributed by atoms with Gasteiger partial charge in [-0.2, -0.15) is 0 Å². The molecule has 0 aromatic carbocycles. The number of hydrogen-bond donors (Lipinski definition) is 2. The zero-order chi connectivity index (χ0) is 13.0. The molecule has 2 unspecified atom stereocenters. The van der Waals surface area contributed by atoms with Crippen molar-refractivity contribution in [3.8, 4) is 0 Å². The molecule has 2 rings (SSSR count). The smallest absolute Gasteiger partial charge is 0.244 e. The van der Waals surface area contributed by atoms with Crippen LogP contribution >= 0.6 is 11.8 Å². The first-order valence-corrected chi connectivity index (χ1v) is 7.74. The van der Waals surface area contributed by atoms with Gasteiger partial charge in [0.2, 0.25) is 11.8 Å². The summed E-state index contributed by atoms with van der Waals surface area (Å²) in [6.45, 7) is 3.43. The molecule has 2 fully saturated rings. The normalized spacial score (nSPS) is 25.8. The van der Waals surface area contributed by atoms with E-state index in [0.29, 0.717) is 0 Å². The number of thioether (sulfide) groups is 1. The van der Waals surface area contributed by atoms with E-state index >= 15 is 0 Å². The van der Waals surface area contributed by atoms with Crippen molar-refractivity contribution in [1.82, 2.24) is 15.5 Å². The fraction of sp³-hybridized carbons (Fsp3) is 0.833. The third-order valence-electron chi connectivity index (χ3n) is 3.43.